The lowest BCUT2D eigenvalue weighted by molar-refractivity contribution is -0.119. The largest absolute Gasteiger partial charge is 0.312 e. The summed E-state index contributed by atoms with van der Waals surface area (Å²) in [5.74, 6) is 0.338. The van der Waals surface area contributed by atoms with Crippen LogP contribution in [0.4, 0.5) is 5.69 Å². The Morgan fingerprint density at radius 1 is 1.14 bits per heavy atom. The van der Waals surface area contributed by atoms with Crippen LogP contribution in [0, 0.1) is 19.8 Å². The minimum absolute atomic E-state index is 0.162. The molecule has 0 radical (unpaired) electrons. The molecule has 2 aliphatic rings. The van der Waals surface area contributed by atoms with Gasteiger partial charge in [-0.3, -0.25) is 4.79 Å². The highest BCUT2D eigenvalue weighted by molar-refractivity contribution is 7.89. The maximum absolute atomic E-state index is 13.0. The van der Waals surface area contributed by atoms with Gasteiger partial charge in [-0.25, -0.2) is 13.1 Å². The Morgan fingerprint density at radius 3 is 2.61 bits per heavy atom. The van der Waals surface area contributed by atoms with E-state index in [-0.39, 0.29) is 22.8 Å². The molecule has 4 rings (SSSR count). The molecular formula is C22H26N2O3S. The first kappa shape index (κ1) is 19.2. The van der Waals surface area contributed by atoms with Crippen molar-refractivity contribution in [2.24, 2.45) is 5.92 Å². The van der Waals surface area contributed by atoms with E-state index in [0.717, 1.165) is 40.8 Å². The van der Waals surface area contributed by atoms with E-state index in [4.69, 9.17) is 0 Å². The molecule has 148 valence electrons. The molecular weight excluding hydrogens is 372 g/mol. The second kappa shape index (κ2) is 7.01. The average molecular weight is 399 g/mol. The molecule has 5 nitrogen and oxygen atoms in total. The SMILES string of the molecule is Cc1ccc(C)c(C(C)NS(=O)(=O)c2ccc3c(c2)CCN3C(=O)C2CC2)c1. The van der Waals surface area contributed by atoms with Crippen molar-refractivity contribution in [2.75, 3.05) is 11.4 Å². The summed E-state index contributed by atoms with van der Waals surface area (Å²) in [7, 11) is -3.65. The molecule has 1 amide bonds. The normalized spacial score (nSPS) is 17.5. The van der Waals surface area contributed by atoms with Crippen LogP contribution in [0.1, 0.15) is 48.1 Å². The fraction of sp³-hybridized carbons (Fsp3) is 0.409. The molecule has 2 aromatic carbocycles. The number of nitrogens with one attached hydrogen (secondary N) is 1. The van der Waals surface area contributed by atoms with Crippen LogP contribution in [0.5, 0.6) is 0 Å². The van der Waals surface area contributed by atoms with Crippen molar-refractivity contribution in [1.82, 2.24) is 4.72 Å². The average Bonchev–Trinajstić information content (AvgIpc) is 3.41. The van der Waals surface area contributed by atoms with E-state index in [9.17, 15) is 13.2 Å². The molecule has 1 aliphatic carbocycles. The molecule has 6 heteroatoms. The quantitative estimate of drug-likeness (QED) is 0.836. The number of benzene rings is 2. The molecule has 1 heterocycles. The summed E-state index contributed by atoms with van der Waals surface area (Å²) in [6.45, 7) is 6.49. The monoisotopic (exact) mass is 398 g/mol. The van der Waals surface area contributed by atoms with E-state index < -0.39 is 10.0 Å². The molecule has 2 aromatic rings. The van der Waals surface area contributed by atoms with E-state index in [1.165, 1.54) is 0 Å². The lowest BCUT2D eigenvalue weighted by Crippen LogP contribution is -2.30. The van der Waals surface area contributed by atoms with Crippen LogP contribution < -0.4 is 9.62 Å². The summed E-state index contributed by atoms with van der Waals surface area (Å²) < 4.78 is 28.7. The Morgan fingerprint density at radius 2 is 1.89 bits per heavy atom. The number of aryl methyl sites for hydroxylation is 2. The third-order valence-corrected chi connectivity index (χ3v) is 7.22. The first-order valence-corrected chi connectivity index (χ1v) is 11.3. The third-order valence-electron chi connectivity index (χ3n) is 5.68. The van der Waals surface area contributed by atoms with Gasteiger partial charge >= 0.3 is 0 Å². The number of hydrogen-bond donors (Lipinski definition) is 1. The highest BCUT2D eigenvalue weighted by atomic mass is 32.2. The van der Waals surface area contributed by atoms with Gasteiger partial charge in [0.15, 0.2) is 0 Å². The van der Waals surface area contributed by atoms with Gasteiger partial charge in [-0.1, -0.05) is 23.8 Å². The highest BCUT2D eigenvalue weighted by Crippen LogP contribution is 2.37. The highest BCUT2D eigenvalue weighted by Gasteiger charge is 2.36. The van der Waals surface area contributed by atoms with Crippen LogP contribution in [0.15, 0.2) is 41.3 Å². The fourth-order valence-electron chi connectivity index (χ4n) is 3.92. The van der Waals surface area contributed by atoms with Gasteiger partial charge in [0.05, 0.1) is 4.90 Å². The molecule has 1 unspecified atom stereocenters. The predicted molar refractivity (Wildman–Crippen MR) is 110 cm³/mol. The van der Waals surface area contributed by atoms with Crippen molar-refractivity contribution in [3.8, 4) is 0 Å². The predicted octanol–water partition coefficient (Wildman–Crippen LogP) is 3.64. The second-order valence-electron chi connectivity index (χ2n) is 8.01. The van der Waals surface area contributed by atoms with E-state index >= 15 is 0 Å². The molecule has 1 atom stereocenters. The number of nitrogens with zero attached hydrogens (tertiary/aromatic N) is 1. The maximum atomic E-state index is 13.0. The Kier molecular flexibility index (Phi) is 4.79. The number of carbonyl (C=O) groups is 1. The van der Waals surface area contributed by atoms with Crippen molar-refractivity contribution in [3.05, 3.63) is 58.7 Å². The minimum atomic E-state index is -3.65. The number of sulfonamides is 1. The lowest BCUT2D eigenvalue weighted by atomic mass is 10.0. The zero-order valence-corrected chi connectivity index (χ0v) is 17.3. The summed E-state index contributed by atoms with van der Waals surface area (Å²) in [4.78, 5) is 14.5. The van der Waals surface area contributed by atoms with Crippen LogP contribution >= 0.6 is 0 Å². The first-order valence-electron chi connectivity index (χ1n) is 9.80. The molecule has 0 bridgehead atoms. The van der Waals surface area contributed by atoms with E-state index in [2.05, 4.69) is 4.72 Å². The molecule has 1 fully saturated rings. The van der Waals surface area contributed by atoms with Crippen molar-refractivity contribution >= 4 is 21.6 Å². The third kappa shape index (κ3) is 3.59. The number of hydrogen-bond acceptors (Lipinski definition) is 3. The van der Waals surface area contributed by atoms with Crippen molar-refractivity contribution in [1.29, 1.82) is 0 Å². The molecule has 0 aromatic heterocycles. The van der Waals surface area contributed by atoms with Gasteiger partial charge < -0.3 is 4.90 Å². The van der Waals surface area contributed by atoms with Crippen LogP contribution in [-0.2, 0) is 21.2 Å². The van der Waals surface area contributed by atoms with Gasteiger partial charge in [-0.05, 0) is 74.9 Å². The standard InChI is InChI=1S/C22H26N2O3S/c1-14-4-5-15(2)20(12-14)16(3)23-28(26,27)19-8-9-21-18(13-19)10-11-24(21)22(25)17-6-7-17/h4-5,8-9,12-13,16-17,23H,6-7,10-11H2,1-3H3. The number of fused-ring (bicyclic) bond motifs is 1. The smallest absolute Gasteiger partial charge is 0.241 e. The minimum Gasteiger partial charge on any atom is -0.312 e. The summed E-state index contributed by atoms with van der Waals surface area (Å²) in [5, 5.41) is 0. The Hall–Kier alpha value is -2.18. The Bertz CT molecular complexity index is 1040. The number of amides is 1. The van der Waals surface area contributed by atoms with Gasteiger partial charge in [0, 0.05) is 24.2 Å². The number of carbonyl (C=O) groups excluding carboxylic acids is 1. The van der Waals surface area contributed by atoms with Gasteiger partial charge in [-0.15, -0.1) is 0 Å². The summed E-state index contributed by atoms with van der Waals surface area (Å²) >= 11 is 0. The van der Waals surface area contributed by atoms with Crippen LogP contribution in [0.2, 0.25) is 0 Å². The van der Waals surface area contributed by atoms with Crippen LogP contribution in [0.3, 0.4) is 0 Å². The summed E-state index contributed by atoms with van der Waals surface area (Å²) in [5.41, 5.74) is 4.93. The van der Waals surface area contributed by atoms with Gasteiger partial charge in [0.25, 0.3) is 0 Å². The topological polar surface area (TPSA) is 66.5 Å². The van der Waals surface area contributed by atoms with Crippen molar-refractivity contribution in [2.45, 2.75) is 51.0 Å². The Labute approximate surface area is 166 Å². The van der Waals surface area contributed by atoms with Gasteiger partial charge in [-0.2, -0.15) is 0 Å². The van der Waals surface area contributed by atoms with E-state index in [1.807, 2.05) is 43.9 Å². The second-order valence-corrected chi connectivity index (χ2v) is 9.72. The summed E-state index contributed by atoms with van der Waals surface area (Å²) in [6.07, 6.45) is 2.64. The maximum Gasteiger partial charge on any atom is 0.241 e. The van der Waals surface area contributed by atoms with Gasteiger partial charge in [0.2, 0.25) is 15.9 Å². The van der Waals surface area contributed by atoms with Crippen LogP contribution in [-0.4, -0.2) is 20.9 Å². The zero-order valence-electron chi connectivity index (χ0n) is 16.5. The van der Waals surface area contributed by atoms with Crippen molar-refractivity contribution in [3.63, 3.8) is 0 Å². The lowest BCUT2D eigenvalue weighted by Gasteiger charge is -2.19. The number of rotatable bonds is 5. The Balaban J connectivity index is 1.56. The number of anilines is 1. The molecule has 0 saturated heterocycles. The molecule has 1 saturated carbocycles. The molecule has 1 aliphatic heterocycles. The fourth-order valence-corrected chi connectivity index (χ4v) is 5.19. The van der Waals surface area contributed by atoms with E-state index in [1.54, 1.807) is 18.2 Å². The zero-order chi connectivity index (χ0) is 20.1. The van der Waals surface area contributed by atoms with Gasteiger partial charge in [0.1, 0.15) is 0 Å². The first-order chi connectivity index (χ1) is 13.3. The molecule has 1 N–H and O–H groups in total. The van der Waals surface area contributed by atoms with Crippen molar-refractivity contribution < 1.29 is 13.2 Å². The molecule has 0 spiro atoms. The summed E-state index contributed by atoms with van der Waals surface area (Å²) in [6, 6.07) is 10.8. The van der Waals surface area contributed by atoms with E-state index in [0.29, 0.717) is 13.0 Å². The molecule has 28 heavy (non-hydrogen) atoms. The van der Waals surface area contributed by atoms with Crippen LogP contribution in [0.25, 0.3) is 0 Å².